The van der Waals surface area contributed by atoms with Crippen LogP contribution >= 0.6 is 11.3 Å². The Morgan fingerprint density at radius 1 is 0.889 bits per heavy atom. The molecule has 0 saturated carbocycles. The number of carbonyl (C=O) groups excluding carboxylic acids is 1. The number of nitrogens with zero attached hydrogens (tertiary/aromatic N) is 2. The van der Waals surface area contributed by atoms with E-state index in [0.29, 0.717) is 45.3 Å². The van der Waals surface area contributed by atoms with Crippen LogP contribution in [0.25, 0.3) is 16.8 Å². The number of thiazole rings is 1. The number of hydrogen-bond acceptors (Lipinski definition) is 7. The van der Waals surface area contributed by atoms with Crippen LogP contribution in [0.1, 0.15) is 49.1 Å². The van der Waals surface area contributed by atoms with E-state index >= 15 is 0 Å². The lowest BCUT2D eigenvalue weighted by atomic mass is 9.95. The highest BCUT2D eigenvalue weighted by atomic mass is 32.1. The minimum atomic E-state index is -0.645. The maximum Gasteiger partial charge on any atom is 0.338 e. The van der Waals surface area contributed by atoms with Crippen molar-refractivity contribution in [2.75, 3.05) is 13.2 Å². The molecule has 1 aliphatic heterocycles. The first kappa shape index (κ1) is 30.1. The van der Waals surface area contributed by atoms with Gasteiger partial charge in [0, 0.05) is 0 Å². The summed E-state index contributed by atoms with van der Waals surface area (Å²) in [7, 11) is 0. The maximum atomic E-state index is 14.0. The largest absolute Gasteiger partial charge is 0.490 e. The molecule has 0 aliphatic carbocycles. The molecule has 6 rings (SSSR count). The van der Waals surface area contributed by atoms with Gasteiger partial charge in [-0.25, -0.2) is 9.79 Å². The van der Waals surface area contributed by atoms with Crippen molar-refractivity contribution in [3.63, 3.8) is 0 Å². The smallest absolute Gasteiger partial charge is 0.338 e. The highest BCUT2D eigenvalue weighted by Gasteiger charge is 2.33. The highest BCUT2D eigenvalue weighted by molar-refractivity contribution is 7.07. The zero-order chi connectivity index (χ0) is 31.5. The third-order valence-corrected chi connectivity index (χ3v) is 8.67. The van der Waals surface area contributed by atoms with Gasteiger partial charge in [-0.3, -0.25) is 9.36 Å². The number of esters is 1. The molecule has 0 bridgehead atoms. The average Bonchev–Trinajstić information content (AvgIpc) is 3.34. The van der Waals surface area contributed by atoms with E-state index in [2.05, 4.69) is 35.3 Å². The van der Waals surface area contributed by atoms with Gasteiger partial charge in [-0.15, -0.1) is 0 Å². The van der Waals surface area contributed by atoms with Gasteiger partial charge in [0.15, 0.2) is 16.3 Å². The van der Waals surface area contributed by atoms with Crippen LogP contribution in [0.3, 0.4) is 0 Å². The van der Waals surface area contributed by atoms with Crippen LogP contribution in [0.2, 0.25) is 0 Å². The van der Waals surface area contributed by atoms with Gasteiger partial charge in [0.2, 0.25) is 0 Å². The van der Waals surface area contributed by atoms with Crippen molar-refractivity contribution >= 4 is 34.2 Å². The summed E-state index contributed by atoms with van der Waals surface area (Å²) in [6.45, 7) is 8.56. The van der Waals surface area contributed by atoms with Crippen LogP contribution in [0.15, 0.2) is 106 Å². The molecule has 1 aliphatic rings. The Balaban J connectivity index is 1.35. The maximum absolute atomic E-state index is 14.0. The summed E-state index contributed by atoms with van der Waals surface area (Å²) in [6, 6.07) is 27.4. The van der Waals surface area contributed by atoms with Crippen molar-refractivity contribution < 1.29 is 19.0 Å². The molecule has 228 valence electrons. The summed E-state index contributed by atoms with van der Waals surface area (Å²) in [6.07, 6.45) is 1.83. The molecule has 7 nitrogen and oxygen atoms in total. The van der Waals surface area contributed by atoms with E-state index < -0.39 is 12.0 Å². The van der Waals surface area contributed by atoms with E-state index in [1.54, 1.807) is 18.4 Å². The third-order valence-electron chi connectivity index (χ3n) is 7.68. The van der Waals surface area contributed by atoms with Crippen molar-refractivity contribution in [2.45, 2.75) is 40.3 Å². The minimum Gasteiger partial charge on any atom is -0.490 e. The van der Waals surface area contributed by atoms with E-state index in [1.165, 1.54) is 16.7 Å². The molecule has 1 aromatic heterocycles. The lowest BCUT2D eigenvalue weighted by molar-refractivity contribution is -0.139. The molecular weight excluding hydrogens is 584 g/mol. The van der Waals surface area contributed by atoms with Crippen LogP contribution in [-0.4, -0.2) is 23.8 Å². The average molecular weight is 619 g/mol. The summed E-state index contributed by atoms with van der Waals surface area (Å²) in [4.78, 5) is 32.3. The fourth-order valence-electron chi connectivity index (χ4n) is 5.50. The van der Waals surface area contributed by atoms with Gasteiger partial charge < -0.3 is 14.2 Å². The van der Waals surface area contributed by atoms with Crippen molar-refractivity contribution in [3.8, 4) is 11.5 Å². The lowest BCUT2D eigenvalue weighted by Crippen LogP contribution is -2.39. The van der Waals surface area contributed by atoms with Crippen LogP contribution in [0, 0.1) is 6.92 Å². The second kappa shape index (κ2) is 13.0. The molecule has 0 radical (unpaired) electrons. The quantitative estimate of drug-likeness (QED) is 0.183. The molecule has 45 heavy (non-hydrogen) atoms. The first-order valence-corrected chi connectivity index (χ1v) is 15.8. The molecule has 0 unspecified atom stereocenters. The Morgan fingerprint density at radius 2 is 1.67 bits per heavy atom. The molecule has 2 heterocycles. The van der Waals surface area contributed by atoms with Gasteiger partial charge in [0.25, 0.3) is 5.56 Å². The number of carbonyl (C=O) groups is 1. The molecule has 8 heteroatoms. The zero-order valence-corrected chi connectivity index (χ0v) is 26.5. The van der Waals surface area contributed by atoms with Crippen LogP contribution in [0.4, 0.5) is 0 Å². The van der Waals surface area contributed by atoms with Crippen LogP contribution in [-0.2, 0) is 16.1 Å². The first-order chi connectivity index (χ1) is 21.9. The zero-order valence-electron chi connectivity index (χ0n) is 25.7. The minimum absolute atomic E-state index is 0.227. The van der Waals surface area contributed by atoms with Crippen molar-refractivity contribution in [1.29, 1.82) is 0 Å². The van der Waals surface area contributed by atoms with Crippen molar-refractivity contribution in [2.24, 2.45) is 4.99 Å². The van der Waals surface area contributed by atoms with Crippen LogP contribution in [0.5, 0.6) is 11.5 Å². The van der Waals surface area contributed by atoms with Crippen LogP contribution < -0.4 is 24.4 Å². The standard InChI is InChI=1S/C37H34N2O5S/c1-5-42-31-20-25(14-18-30(31)44-22-26-13-17-27-9-7-8-10-29(27)19-26)21-32-35(40)39-34(28-15-11-23(3)12-16-28)33(36(41)43-6-2)24(4)38-37(39)45-32/h7-21,34H,5-6,22H2,1-4H3/b32-21+/t34-/m1/s1. The number of ether oxygens (including phenoxy) is 3. The molecule has 0 N–H and O–H groups in total. The van der Waals surface area contributed by atoms with Gasteiger partial charge in [-0.05, 0) is 79.4 Å². The number of rotatable bonds is 9. The number of hydrogen-bond donors (Lipinski definition) is 0. The predicted molar refractivity (Wildman–Crippen MR) is 177 cm³/mol. The van der Waals surface area contributed by atoms with Crippen molar-refractivity contribution in [1.82, 2.24) is 4.57 Å². The molecule has 0 spiro atoms. The Morgan fingerprint density at radius 3 is 2.42 bits per heavy atom. The Bertz CT molecular complexity index is 2110. The summed E-state index contributed by atoms with van der Waals surface area (Å²) in [5.41, 5.74) is 4.42. The van der Waals surface area contributed by atoms with E-state index in [1.807, 2.05) is 74.5 Å². The number of fused-ring (bicyclic) bond motifs is 2. The Labute approximate surface area is 265 Å². The van der Waals surface area contributed by atoms with Gasteiger partial charge in [0.1, 0.15) is 6.61 Å². The number of allylic oxidation sites excluding steroid dienone is 1. The Hall–Kier alpha value is -4.95. The van der Waals surface area contributed by atoms with E-state index in [4.69, 9.17) is 14.2 Å². The fourth-order valence-corrected chi connectivity index (χ4v) is 6.55. The monoisotopic (exact) mass is 618 g/mol. The van der Waals surface area contributed by atoms with Gasteiger partial charge in [-0.1, -0.05) is 83.6 Å². The molecular formula is C37H34N2O5S. The SMILES string of the molecule is CCOC(=O)C1=C(C)N=c2s/c(=C/c3ccc(OCc4ccc5ccccc5c4)c(OCC)c3)c(=O)n2[C@@H]1c1ccc(C)cc1. The topological polar surface area (TPSA) is 79.1 Å². The third kappa shape index (κ3) is 6.19. The van der Waals surface area contributed by atoms with E-state index in [9.17, 15) is 9.59 Å². The van der Waals surface area contributed by atoms with Gasteiger partial charge >= 0.3 is 5.97 Å². The fraction of sp³-hybridized carbons (Fsp3) is 0.216. The van der Waals surface area contributed by atoms with Gasteiger partial charge in [-0.2, -0.15) is 0 Å². The molecule has 4 aromatic carbocycles. The van der Waals surface area contributed by atoms with E-state index in [0.717, 1.165) is 27.6 Å². The highest BCUT2D eigenvalue weighted by Crippen LogP contribution is 2.32. The van der Waals surface area contributed by atoms with Gasteiger partial charge in [0.05, 0.1) is 35.1 Å². The summed E-state index contributed by atoms with van der Waals surface area (Å²) in [5.74, 6) is 0.745. The molecule has 0 amide bonds. The molecule has 0 saturated heterocycles. The lowest BCUT2D eigenvalue weighted by Gasteiger charge is -2.24. The number of aromatic nitrogens is 1. The second-order valence-electron chi connectivity index (χ2n) is 10.8. The molecule has 0 fully saturated rings. The molecule has 5 aromatic rings. The normalized spacial score (nSPS) is 14.7. The Kier molecular flexibility index (Phi) is 8.67. The number of aryl methyl sites for hydroxylation is 1. The van der Waals surface area contributed by atoms with E-state index in [-0.39, 0.29) is 12.2 Å². The second-order valence-corrected chi connectivity index (χ2v) is 11.8. The predicted octanol–water partition coefficient (Wildman–Crippen LogP) is 6.24. The summed E-state index contributed by atoms with van der Waals surface area (Å²) < 4.78 is 19.6. The summed E-state index contributed by atoms with van der Waals surface area (Å²) in [5, 5.41) is 2.35. The molecule has 1 atom stereocenters. The number of benzene rings is 4. The first-order valence-electron chi connectivity index (χ1n) is 15.0. The summed E-state index contributed by atoms with van der Waals surface area (Å²) >= 11 is 1.29. The van der Waals surface area contributed by atoms with Crippen molar-refractivity contribution in [3.05, 3.63) is 138 Å².